The second kappa shape index (κ2) is 15.7. The van der Waals surface area contributed by atoms with E-state index in [4.69, 9.17) is 4.42 Å². The van der Waals surface area contributed by atoms with Gasteiger partial charge >= 0.3 is 0 Å². The number of hydrogen-bond donors (Lipinski definition) is 0. The van der Waals surface area contributed by atoms with Gasteiger partial charge in [0.25, 0.3) is 6.71 Å². The van der Waals surface area contributed by atoms with Gasteiger partial charge in [0, 0.05) is 33.4 Å². The van der Waals surface area contributed by atoms with Crippen molar-refractivity contribution in [3.05, 3.63) is 145 Å². The van der Waals surface area contributed by atoms with Crippen LogP contribution in [0, 0.1) is 19.3 Å². The van der Waals surface area contributed by atoms with Crippen LogP contribution < -0.4 is 20.9 Å². The minimum atomic E-state index is -0.109. The maximum Gasteiger partial charge on any atom is 0.293 e. The summed E-state index contributed by atoms with van der Waals surface area (Å²) < 4.78 is 7.94. The highest BCUT2D eigenvalue weighted by atomic mass is 16.3. The highest BCUT2D eigenvalue weighted by Gasteiger charge is 2.58. The van der Waals surface area contributed by atoms with Gasteiger partial charge in [0.15, 0.2) is 0 Å². The third-order valence-corrected chi connectivity index (χ3v) is 23.3. The van der Waals surface area contributed by atoms with Crippen LogP contribution in [-0.2, 0) is 43.3 Å². The number of nitrogens with zero attached hydrogens (tertiary/aromatic N) is 2. The lowest BCUT2D eigenvalue weighted by atomic mass is 9.32. The first-order valence-corrected chi connectivity index (χ1v) is 31.0. The maximum atomic E-state index is 7.94. The number of fused-ring (bicyclic) bond motifs is 12. The van der Waals surface area contributed by atoms with Crippen LogP contribution in [0.25, 0.3) is 22.1 Å². The van der Waals surface area contributed by atoms with Crippen LogP contribution in [-0.4, -0.2) is 6.71 Å². The van der Waals surface area contributed by atoms with Crippen molar-refractivity contribution in [2.24, 2.45) is 5.41 Å². The van der Waals surface area contributed by atoms with Gasteiger partial charge in [0.2, 0.25) is 0 Å². The van der Waals surface area contributed by atoms with Gasteiger partial charge in [-0.2, -0.15) is 0 Å². The summed E-state index contributed by atoms with van der Waals surface area (Å²) in [6.45, 7) is 49.6. The average Bonchev–Trinajstić information content (AvgIpc) is 2.49. The molecule has 0 radical (unpaired) electrons. The number of furan rings is 1. The second-order valence-electron chi connectivity index (χ2n) is 32.9. The predicted octanol–water partition coefficient (Wildman–Crippen LogP) is 19.6. The Labute approximate surface area is 476 Å². The average molecular weight is 1050 g/mol. The van der Waals surface area contributed by atoms with Crippen LogP contribution in [0.5, 0.6) is 0 Å². The van der Waals surface area contributed by atoms with E-state index < -0.39 is 0 Å². The number of hydrogen-bond acceptors (Lipinski definition) is 3. The Balaban J connectivity index is 1.13. The van der Waals surface area contributed by atoms with Gasteiger partial charge in [-0.05, 0) is 242 Å². The first-order valence-electron chi connectivity index (χ1n) is 31.0. The molecule has 4 heteroatoms. The number of aryl methyl sites for hydroxylation is 2. The van der Waals surface area contributed by atoms with Crippen molar-refractivity contribution >= 4 is 57.2 Å². The van der Waals surface area contributed by atoms with Gasteiger partial charge in [0.05, 0.1) is 22.7 Å². The lowest BCUT2D eigenvalue weighted by Crippen LogP contribution is -2.58. The largest absolute Gasteiger partial charge is 0.468 e. The fourth-order valence-corrected chi connectivity index (χ4v) is 17.6. The van der Waals surface area contributed by atoms with Gasteiger partial charge in [-0.25, -0.2) is 0 Å². The van der Waals surface area contributed by atoms with Crippen molar-refractivity contribution < 1.29 is 4.42 Å². The topological polar surface area (TPSA) is 19.6 Å². The smallest absolute Gasteiger partial charge is 0.293 e. The standard InChI is InChI=1S/C75H91BN2O/c1-42-33-59-63-60(34-42)78-58-40-53-52(72(14,15)28-29-73(53,16)17)39-55(58)75(20)32-31-68(6,7)48-22-23-56(65(78)62(48)75)76(63)66-64(47-38-51-54(41-61(47)79-66)74(18,19)30-27-71(51,12)13)77(59)57-24-21-44(67(3,4)5)36-46(57)45-37-50-49(35-43(45)2)69(8,9)25-26-70(50,10)11/h21,24,33-41H,22-23,25-32H2,1-20H3. The molecule has 14 rings (SSSR count). The molecule has 0 amide bonds. The van der Waals surface area contributed by atoms with Gasteiger partial charge < -0.3 is 14.2 Å². The van der Waals surface area contributed by atoms with E-state index in [1.54, 1.807) is 33.3 Å². The summed E-state index contributed by atoms with van der Waals surface area (Å²) in [5.74, 6) is 0. The molecule has 0 spiro atoms. The predicted molar refractivity (Wildman–Crippen MR) is 338 cm³/mol. The first-order chi connectivity index (χ1) is 36.7. The molecule has 5 aliphatic carbocycles. The van der Waals surface area contributed by atoms with E-state index in [0.717, 1.165) is 43.3 Å². The van der Waals surface area contributed by atoms with Crippen LogP contribution in [0.3, 0.4) is 0 Å². The fraction of sp³-hybridized carbons (Fsp3) is 0.520. The summed E-state index contributed by atoms with van der Waals surface area (Å²) in [4.78, 5) is 5.61. The Kier molecular flexibility index (Phi) is 10.3. The minimum absolute atomic E-state index is 0.0303. The van der Waals surface area contributed by atoms with Crippen molar-refractivity contribution in [3.8, 4) is 11.1 Å². The summed E-state index contributed by atoms with van der Waals surface area (Å²) in [6.07, 6.45) is 11.6. The quantitative estimate of drug-likeness (QED) is 0.161. The molecule has 0 bridgehead atoms. The fourth-order valence-electron chi connectivity index (χ4n) is 17.6. The zero-order valence-corrected chi connectivity index (χ0v) is 52.3. The van der Waals surface area contributed by atoms with E-state index in [9.17, 15) is 0 Å². The molecule has 0 saturated heterocycles. The van der Waals surface area contributed by atoms with Crippen LogP contribution in [0.4, 0.5) is 28.4 Å². The monoisotopic (exact) mass is 1050 g/mol. The van der Waals surface area contributed by atoms with E-state index >= 15 is 0 Å². The molecule has 0 saturated carbocycles. The molecule has 1 aromatic heterocycles. The van der Waals surface area contributed by atoms with E-state index in [2.05, 4.69) is 215 Å². The molecule has 0 N–H and O–H groups in total. The highest BCUT2D eigenvalue weighted by Crippen LogP contribution is 2.66. The summed E-state index contributed by atoms with van der Waals surface area (Å²) in [7, 11) is 0. The molecule has 8 aliphatic rings. The zero-order valence-electron chi connectivity index (χ0n) is 52.3. The lowest BCUT2D eigenvalue weighted by molar-refractivity contribution is 0.289. The Morgan fingerprint density at radius 1 is 0.468 bits per heavy atom. The molecule has 1 atom stereocenters. The Morgan fingerprint density at radius 3 is 1.58 bits per heavy atom. The van der Waals surface area contributed by atoms with Crippen LogP contribution in [0.15, 0.2) is 93.5 Å². The third kappa shape index (κ3) is 6.97. The summed E-state index contributed by atoms with van der Waals surface area (Å²) >= 11 is 0. The molecular formula is C75H91BN2O. The molecule has 6 aromatic rings. The lowest BCUT2D eigenvalue weighted by Gasteiger charge is -2.58. The zero-order chi connectivity index (χ0) is 56.2. The number of anilines is 5. The second-order valence-corrected chi connectivity index (χ2v) is 32.9. The molecule has 0 fully saturated rings. The molecular weight excluding hydrogens is 956 g/mol. The number of allylic oxidation sites excluding steroid dienone is 3. The Morgan fingerprint density at radius 2 is 0.987 bits per heavy atom. The van der Waals surface area contributed by atoms with Gasteiger partial charge in [0.1, 0.15) is 5.58 Å². The molecule has 410 valence electrons. The van der Waals surface area contributed by atoms with Crippen molar-refractivity contribution in [3.63, 3.8) is 0 Å². The number of benzene rings is 5. The van der Waals surface area contributed by atoms with E-state index in [1.165, 1.54) is 127 Å². The molecule has 3 nitrogen and oxygen atoms in total. The summed E-state index contributed by atoms with van der Waals surface area (Å²) in [5.41, 5.74) is 34.2. The molecule has 79 heavy (non-hydrogen) atoms. The van der Waals surface area contributed by atoms with Gasteiger partial charge in [-0.1, -0.05) is 154 Å². The Hall–Kier alpha value is -5.22. The highest BCUT2D eigenvalue weighted by molar-refractivity contribution is 6.94. The molecule has 4 heterocycles. The van der Waals surface area contributed by atoms with Crippen molar-refractivity contribution in [2.45, 2.75) is 246 Å². The molecule has 5 aromatic carbocycles. The summed E-state index contributed by atoms with van der Waals surface area (Å²) in [6, 6.07) is 28.6. The van der Waals surface area contributed by atoms with Crippen LogP contribution >= 0.6 is 0 Å². The molecule has 1 unspecified atom stereocenters. The first kappa shape index (κ1) is 51.9. The van der Waals surface area contributed by atoms with Crippen molar-refractivity contribution in [1.29, 1.82) is 0 Å². The van der Waals surface area contributed by atoms with E-state index in [-0.39, 0.29) is 55.4 Å². The van der Waals surface area contributed by atoms with E-state index in [0.29, 0.717) is 0 Å². The molecule has 3 aliphatic heterocycles. The van der Waals surface area contributed by atoms with Crippen LogP contribution in [0.2, 0.25) is 0 Å². The minimum Gasteiger partial charge on any atom is -0.468 e. The van der Waals surface area contributed by atoms with E-state index in [1.807, 2.05) is 0 Å². The maximum absolute atomic E-state index is 7.94. The SMILES string of the molecule is Cc1cc2c3c(c1)N(c1ccc(C(C)(C)C)cc1-c1cc4c(cc1C)C(C)(C)CCC4(C)C)c1c(oc4cc5c(cc14)C(C)(C)CCC5(C)C)B3C1=C3C4=C(CC1)C(C)(C)CCC4(C)c1cc4c(cc1N32)C(C)(C)CCC4(C)C. The van der Waals surface area contributed by atoms with Crippen molar-refractivity contribution in [1.82, 2.24) is 0 Å². The Bertz CT molecular complexity index is 3810. The summed E-state index contributed by atoms with van der Waals surface area (Å²) in [5, 5.41) is 1.25. The van der Waals surface area contributed by atoms with Gasteiger partial charge in [-0.15, -0.1) is 0 Å². The normalized spacial score (nSPS) is 24.5. The number of rotatable bonds is 2. The van der Waals surface area contributed by atoms with Crippen molar-refractivity contribution in [2.75, 3.05) is 9.80 Å². The van der Waals surface area contributed by atoms with Crippen LogP contribution in [0.1, 0.15) is 244 Å². The third-order valence-electron chi connectivity index (χ3n) is 23.3. The van der Waals surface area contributed by atoms with Gasteiger partial charge in [-0.3, -0.25) is 0 Å².